The van der Waals surface area contributed by atoms with Crippen LogP contribution in [0.25, 0.3) is 0 Å². The Morgan fingerprint density at radius 2 is 1.79 bits per heavy atom. The number of benzene rings is 1. The Bertz CT molecular complexity index is 770. The number of sulfone groups is 1. The largest absolute Gasteiger partial charge is 0.357 e. The van der Waals surface area contributed by atoms with Crippen molar-refractivity contribution in [1.29, 1.82) is 0 Å². The predicted octanol–water partition coefficient (Wildman–Crippen LogP) is 1.82. The van der Waals surface area contributed by atoms with E-state index in [1.165, 1.54) is 18.2 Å². The molecule has 0 aromatic heterocycles. The summed E-state index contributed by atoms with van der Waals surface area (Å²) in [6, 6.07) is 4.02. The third-order valence-corrected chi connectivity index (χ3v) is 4.41. The van der Waals surface area contributed by atoms with Crippen molar-refractivity contribution in [2.75, 3.05) is 25.9 Å². The van der Waals surface area contributed by atoms with E-state index in [0.717, 1.165) is 6.26 Å². The monoisotopic (exact) mass is 528 g/mol. The molecule has 160 valence electrons. The molecule has 3 N–H and O–H groups in total. The molecule has 0 unspecified atom stereocenters. The Kier molecular flexibility index (Phi) is 12.3. The minimum Gasteiger partial charge on any atom is -0.357 e. The zero-order valence-corrected chi connectivity index (χ0v) is 19.9. The molecule has 0 fully saturated rings. The molecule has 0 heterocycles. The molecule has 0 aliphatic heterocycles. The molecule has 7 nitrogen and oxygen atoms in total. The fraction of sp³-hybridized carbons (Fsp3) is 0.556. The Morgan fingerprint density at radius 3 is 2.36 bits per heavy atom. The van der Waals surface area contributed by atoms with Gasteiger partial charge in [0.05, 0.1) is 12.3 Å². The van der Waals surface area contributed by atoms with Gasteiger partial charge in [0, 0.05) is 31.8 Å². The third kappa shape index (κ3) is 10.8. The van der Waals surface area contributed by atoms with E-state index in [4.69, 9.17) is 0 Å². The summed E-state index contributed by atoms with van der Waals surface area (Å²) in [5.74, 6) is -0.196. The van der Waals surface area contributed by atoms with Crippen LogP contribution in [0.1, 0.15) is 31.9 Å². The number of guanidine groups is 1. The van der Waals surface area contributed by atoms with Crippen LogP contribution in [0.15, 0.2) is 23.2 Å². The van der Waals surface area contributed by atoms with Crippen molar-refractivity contribution in [3.05, 3.63) is 35.1 Å². The van der Waals surface area contributed by atoms with Crippen LogP contribution in [0.4, 0.5) is 4.39 Å². The third-order valence-electron chi connectivity index (χ3n) is 3.58. The lowest BCUT2D eigenvalue weighted by Crippen LogP contribution is -2.42. The molecule has 1 aromatic carbocycles. The van der Waals surface area contributed by atoms with E-state index in [1.807, 2.05) is 20.8 Å². The van der Waals surface area contributed by atoms with E-state index in [9.17, 15) is 17.6 Å². The molecule has 0 saturated heterocycles. The molecule has 10 heteroatoms. The summed E-state index contributed by atoms with van der Waals surface area (Å²) < 4.78 is 36.7. The minimum absolute atomic E-state index is 0. The van der Waals surface area contributed by atoms with Gasteiger partial charge in [-0.3, -0.25) is 4.79 Å². The number of aliphatic imine (C=N–C) groups is 1. The number of nitrogens with one attached hydrogen (secondary N) is 3. The van der Waals surface area contributed by atoms with Crippen LogP contribution in [0.2, 0.25) is 0 Å². The maximum atomic E-state index is 13.6. The number of nitrogens with zero attached hydrogens (tertiary/aromatic N) is 1. The average molecular weight is 528 g/mol. The Balaban J connectivity index is 0.00000729. The van der Waals surface area contributed by atoms with Gasteiger partial charge in [0.2, 0.25) is 5.91 Å². The molecule has 28 heavy (non-hydrogen) atoms. The summed E-state index contributed by atoms with van der Waals surface area (Å²) >= 11 is 0. The second-order valence-corrected chi connectivity index (χ2v) is 8.69. The van der Waals surface area contributed by atoms with Crippen molar-refractivity contribution in [2.45, 2.75) is 33.1 Å². The predicted molar refractivity (Wildman–Crippen MR) is 121 cm³/mol. The van der Waals surface area contributed by atoms with E-state index in [0.29, 0.717) is 36.7 Å². The minimum atomic E-state index is -3.24. The van der Waals surface area contributed by atoms with Gasteiger partial charge in [-0.25, -0.2) is 17.8 Å². The van der Waals surface area contributed by atoms with Gasteiger partial charge < -0.3 is 16.0 Å². The maximum Gasteiger partial charge on any atom is 0.222 e. The summed E-state index contributed by atoms with van der Waals surface area (Å²) in [7, 11) is -3.24. The van der Waals surface area contributed by atoms with E-state index in [2.05, 4.69) is 20.9 Å². The van der Waals surface area contributed by atoms with Gasteiger partial charge in [0.15, 0.2) is 15.8 Å². The van der Waals surface area contributed by atoms with Crippen LogP contribution in [0.3, 0.4) is 0 Å². The van der Waals surface area contributed by atoms with Gasteiger partial charge in [0.25, 0.3) is 0 Å². The van der Waals surface area contributed by atoms with Crippen LogP contribution in [0.5, 0.6) is 0 Å². The van der Waals surface area contributed by atoms with Gasteiger partial charge in [-0.2, -0.15) is 0 Å². The molecule has 0 aliphatic rings. The smallest absolute Gasteiger partial charge is 0.222 e. The first kappa shape index (κ1) is 26.6. The highest BCUT2D eigenvalue weighted by atomic mass is 127. The van der Waals surface area contributed by atoms with E-state index >= 15 is 0 Å². The van der Waals surface area contributed by atoms with Crippen molar-refractivity contribution in [3.63, 3.8) is 0 Å². The molecule has 0 aliphatic carbocycles. The van der Waals surface area contributed by atoms with Gasteiger partial charge in [0.1, 0.15) is 5.82 Å². The Labute approximate surface area is 183 Å². The van der Waals surface area contributed by atoms with Crippen LogP contribution >= 0.6 is 24.0 Å². The lowest BCUT2D eigenvalue weighted by Gasteiger charge is -2.13. The van der Waals surface area contributed by atoms with E-state index in [1.54, 1.807) is 0 Å². The number of carbonyl (C=O) groups excluding carboxylic acids is 1. The second kappa shape index (κ2) is 12.9. The number of amides is 1. The lowest BCUT2D eigenvalue weighted by molar-refractivity contribution is -0.123. The van der Waals surface area contributed by atoms with Gasteiger partial charge >= 0.3 is 0 Å². The highest BCUT2D eigenvalue weighted by Gasteiger charge is 2.11. The molecule has 0 radical (unpaired) electrons. The van der Waals surface area contributed by atoms with Crippen molar-refractivity contribution in [2.24, 2.45) is 10.9 Å². The average Bonchev–Trinajstić information content (AvgIpc) is 2.56. The molecule has 0 spiro atoms. The first-order chi connectivity index (χ1) is 12.6. The topological polar surface area (TPSA) is 99.7 Å². The fourth-order valence-electron chi connectivity index (χ4n) is 2.24. The number of hydrogen-bond acceptors (Lipinski definition) is 4. The molecular formula is C18H30FIN4O3S. The maximum absolute atomic E-state index is 13.6. The van der Waals surface area contributed by atoms with Gasteiger partial charge in [-0.05, 0) is 30.2 Å². The molecule has 0 saturated carbocycles. The first-order valence-corrected chi connectivity index (χ1v) is 10.9. The van der Waals surface area contributed by atoms with Crippen molar-refractivity contribution >= 4 is 45.7 Å². The summed E-state index contributed by atoms with van der Waals surface area (Å²) in [5.41, 5.74) is 1.05. The molecule has 0 atom stereocenters. The standard InChI is InChI=1S/C18H29FN4O3S.HI/c1-5-20-18(22-9-8-21-17(24)13(2)3)23-11-15-10-16(19)7-6-14(15)12-27(4,25)26;/h6-7,10,13H,5,8-9,11-12H2,1-4H3,(H,21,24)(H2,20,22,23);1H. The van der Waals surface area contributed by atoms with E-state index in [-0.39, 0.29) is 48.1 Å². The first-order valence-electron chi connectivity index (χ1n) is 8.87. The number of rotatable bonds is 9. The molecule has 1 amide bonds. The molecular weight excluding hydrogens is 498 g/mol. The zero-order valence-electron chi connectivity index (χ0n) is 16.7. The van der Waals surface area contributed by atoms with Crippen molar-refractivity contribution in [1.82, 2.24) is 16.0 Å². The Hall–Kier alpha value is -1.43. The van der Waals surface area contributed by atoms with Crippen LogP contribution in [-0.2, 0) is 26.9 Å². The lowest BCUT2D eigenvalue weighted by atomic mass is 10.1. The quantitative estimate of drug-likeness (QED) is 0.197. The van der Waals surface area contributed by atoms with Crippen LogP contribution in [-0.4, -0.2) is 46.2 Å². The highest BCUT2D eigenvalue weighted by Crippen LogP contribution is 2.15. The second-order valence-electron chi connectivity index (χ2n) is 6.55. The molecule has 0 bridgehead atoms. The van der Waals surface area contributed by atoms with Gasteiger partial charge in [-0.1, -0.05) is 19.9 Å². The normalized spacial score (nSPS) is 11.7. The number of carbonyl (C=O) groups is 1. The molecule has 1 rings (SSSR count). The molecule has 1 aromatic rings. The number of hydrogen-bond donors (Lipinski definition) is 3. The Morgan fingerprint density at radius 1 is 1.14 bits per heavy atom. The van der Waals surface area contributed by atoms with Crippen LogP contribution in [0, 0.1) is 11.7 Å². The van der Waals surface area contributed by atoms with E-state index < -0.39 is 15.7 Å². The summed E-state index contributed by atoms with van der Waals surface area (Å²) in [6.45, 7) is 7.24. The fourth-order valence-corrected chi connectivity index (χ4v) is 3.09. The van der Waals surface area contributed by atoms with Gasteiger partial charge in [-0.15, -0.1) is 24.0 Å². The highest BCUT2D eigenvalue weighted by molar-refractivity contribution is 14.0. The summed E-state index contributed by atoms with van der Waals surface area (Å²) in [5, 5.41) is 8.94. The summed E-state index contributed by atoms with van der Waals surface area (Å²) in [4.78, 5) is 15.9. The van der Waals surface area contributed by atoms with Crippen LogP contribution < -0.4 is 16.0 Å². The zero-order chi connectivity index (χ0) is 20.4. The van der Waals surface area contributed by atoms with Crippen molar-refractivity contribution < 1.29 is 17.6 Å². The SMILES string of the molecule is CCNC(=NCc1cc(F)ccc1CS(C)(=O)=O)NCCNC(=O)C(C)C.I. The summed E-state index contributed by atoms with van der Waals surface area (Å²) in [6.07, 6.45) is 1.14. The number of halogens is 2. The van der Waals surface area contributed by atoms with Crippen molar-refractivity contribution in [3.8, 4) is 0 Å².